The molecule has 1 unspecified atom stereocenters. The lowest BCUT2D eigenvalue weighted by Crippen LogP contribution is -1.80. The van der Waals surface area contributed by atoms with E-state index < -0.39 is 0 Å². The van der Waals surface area contributed by atoms with Crippen LogP contribution >= 0.6 is 34.3 Å². The van der Waals surface area contributed by atoms with E-state index in [1.165, 1.54) is 11.3 Å². The van der Waals surface area contributed by atoms with Gasteiger partial charge in [-0.25, -0.2) is 4.98 Å². The molecule has 3 nitrogen and oxygen atoms in total. The number of alkyl halides is 1. The highest BCUT2D eigenvalue weighted by atomic mass is 35.5. The molecule has 0 bridgehead atoms. The quantitative estimate of drug-likeness (QED) is 0.746. The number of aromatic nitrogens is 3. The highest BCUT2D eigenvalue weighted by Crippen LogP contribution is 2.28. The van der Waals surface area contributed by atoms with Gasteiger partial charge < -0.3 is 0 Å². The second kappa shape index (κ2) is 3.69. The van der Waals surface area contributed by atoms with Crippen LogP contribution in [0.3, 0.4) is 0 Å². The summed E-state index contributed by atoms with van der Waals surface area (Å²) in [5.41, 5.74) is 2.66. The lowest BCUT2D eigenvalue weighted by molar-refractivity contribution is 0.961. The van der Waals surface area contributed by atoms with Crippen molar-refractivity contribution in [3.05, 3.63) is 15.9 Å². The summed E-state index contributed by atoms with van der Waals surface area (Å²) >= 11 is 8.90. The van der Waals surface area contributed by atoms with Crippen molar-refractivity contribution in [3.8, 4) is 10.7 Å². The predicted octanol–water partition coefficient (Wildman–Crippen LogP) is 2.96. The predicted molar refractivity (Wildman–Crippen MR) is 55.3 cm³/mol. The second-order valence-corrected chi connectivity index (χ2v) is 4.82. The Morgan fingerprint density at radius 1 is 1.46 bits per heavy atom. The van der Waals surface area contributed by atoms with E-state index in [9.17, 15) is 0 Å². The molecule has 0 aromatic carbocycles. The first kappa shape index (κ1) is 9.05. The van der Waals surface area contributed by atoms with Gasteiger partial charge in [0.05, 0.1) is 10.9 Å². The molecule has 2 rings (SSSR count). The van der Waals surface area contributed by atoms with Gasteiger partial charge in [0.25, 0.3) is 0 Å². The average Bonchev–Trinajstić information content (AvgIpc) is 2.75. The van der Waals surface area contributed by atoms with Crippen LogP contribution < -0.4 is 0 Å². The maximum absolute atomic E-state index is 5.87. The Balaban J connectivity index is 2.33. The summed E-state index contributed by atoms with van der Waals surface area (Å²) in [6.07, 6.45) is 0. The van der Waals surface area contributed by atoms with E-state index in [1.54, 1.807) is 16.8 Å². The standard InChI is InChI=1S/C7H6ClN3S2/c1-4(8)6-10-11-7(13-6)5-2-12-3-9-5/h2-4H,1H3. The molecular formula is C7H6ClN3S2. The van der Waals surface area contributed by atoms with Crippen molar-refractivity contribution >= 4 is 34.3 Å². The molecule has 0 N–H and O–H groups in total. The van der Waals surface area contributed by atoms with E-state index in [0.29, 0.717) is 0 Å². The zero-order valence-electron chi connectivity index (χ0n) is 6.77. The second-order valence-electron chi connectivity index (χ2n) is 2.44. The summed E-state index contributed by atoms with van der Waals surface area (Å²) in [6, 6.07) is 0. The van der Waals surface area contributed by atoms with Crippen molar-refractivity contribution in [1.29, 1.82) is 0 Å². The van der Waals surface area contributed by atoms with Crippen LogP contribution in [0.2, 0.25) is 0 Å². The maximum Gasteiger partial charge on any atom is 0.167 e. The van der Waals surface area contributed by atoms with Gasteiger partial charge in [-0.15, -0.1) is 33.1 Å². The van der Waals surface area contributed by atoms with Crippen LogP contribution in [0.15, 0.2) is 10.9 Å². The van der Waals surface area contributed by atoms with Crippen LogP contribution in [-0.4, -0.2) is 15.2 Å². The molecule has 6 heteroatoms. The Morgan fingerprint density at radius 3 is 2.85 bits per heavy atom. The molecule has 2 aromatic heterocycles. The molecule has 0 fully saturated rings. The molecule has 0 radical (unpaired) electrons. The summed E-state index contributed by atoms with van der Waals surface area (Å²) in [5, 5.41) is 11.5. The zero-order chi connectivity index (χ0) is 9.26. The normalized spacial score (nSPS) is 13.1. The summed E-state index contributed by atoms with van der Waals surface area (Å²) in [5.74, 6) is 0. The molecule has 13 heavy (non-hydrogen) atoms. The first-order valence-electron chi connectivity index (χ1n) is 3.63. The minimum absolute atomic E-state index is 0.0788. The van der Waals surface area contributed by atoms with E-state index >= 15 is 0 Å². The monoisotopic (exact) mass is 231 g/mol. The van der Waals surface area contributed by atoms with Gasteiger partial charge in [0.2, 0.25) is 0 Å². The Labute approximate surface area is 88.4 Å². The van der Waals surface area contributed by atoms with E-state index in [0.717, 1.165) is 15.7 Å². The van der Waals surface area contributed by atoms with Crippen LogP contribution in [-0.2, 0) is 0 Å². The number of hydrogen-bond acceptors (Lipinski definition) is 5. The highest BCUT2D eigenvalue weighted by molar-refractivity contribution is 7.15. The molecule has 0 saturated carbocycles. The van der Waals surface area contributed by atoms with Gasteiger partial charge in [-0.1, -0.05) is 11.3 Å². The van der Waals surface area contributed by atoms with Crippen molar-refractivity contribution in [3.63, 3.8) is 0 Å². The molecule has 1 atom stereocenters. The third kappa shape index (κ3) is 1.87. The van der Waals surface area contributed by atoms with Crippen molar-refractivity contribution in [1.82, 2.24) is 15.2 Å². The molecular weight excluding hydrogens is 226 g/mol. The first-order chi connectivity index (χ1) is 6.27. The fourth-order valence-electron chi connectivity index (χ4n) is 0.817. The smallest absolute Gasteiger partial charge is 0.167 e. The largest absolute Gasteiger partial charge is 0.242 e. The molecule has 0 amide bonds. The Kier molecular flexibility index (Phi) is 2.57. The topological polar surface area (TPSA) is 38.7 Å². The van der Waals surface area contributed by atoms with Gasteiger partial charge >= 0.3 is 0 Å². The summed E-state index contributed by atoms with van der Waals surface area (Å²) in [7, 11) is 0. The van der Waals surface area contributed by atoms with Gasteiger partial charge in [-0.2, -0.15) is 0 Å². The van der Waals surface area contributed by atoms with Gasteiger partial charge in [-0.05, 0) is 6.92 Å². The van der Waals surface area contributed by atoms with E-state index in [4.69, 9.17) is 11.6 Å². The average molecular weight is 232 g/mol. The fraction of sp³-hybridized carbons (Fsp3) is 0.286. The number of halogens is 1. The van der Waals surface area contributed by atoms with Crippen molar-refractivity contribution in [2.45, 2.75) is 12.3 Å². The van der Waals surface area contributed by atoms with Gasteiger partial charge in [0, 0.05) is 5.38 Å². The van der Waals surface area contributed by atoms with Crippen LogP contribution in [0.25, 0.3) is 10.7 Å². The van der Waals surface area contributed by atoms with Crippen LogP contribution in [0, 0.1) is 0 Å². The molecule has 0 aliphatic carbocycles. The van der Waals surface area contributed by atoms with E-state index in [2.05, 4.69) is 15.2 Å². The highest BCUT2D eigenvalue weighted by Gasteiger charge is 2.11. The van der Waals surface area contributed by atoms with E-state index in [1.807, 2.05) is 12.3 Å². The van der Waals surface area contributed by atoms with Gasteiger partial charge in [0.1, 0.15) is 10.7 Å². The lowest BCUT2D eigenvalue weighted by atomic mass is 10.5. The molecule has 0 aliphatic rings. The first-order valence-corrected chi connectivity index (χ1v) is 5.83. The molecule has 68 valence electrons. The summed E-state index contributed by atoms with van der Waals surface area (Å²) < 4.78 is 0. The molecule has 0 saturated heterocycles. The Hall–Kier alpha value is -0.520. The van der Waals surface area contributed by atoms with Gasteiger partial charge in [-0.3, -0.25) is 0 Å². The fourth-order valence-corrected chi connectivity index (χ4v) is 2.35. The third-order valence-corrected chi connectivity index (χ3v) is 3.48. The van der Waals surface area contributed by atoms with Crippen molar-refractivity contribution in [2.24, 2.45) is 0 Å². The Bertz CT molecular complexity index is 382. The van der Waals surface area contributed by atoms with E-state index in [-0.39, 0.29) is 5.38 Å². The molecule has 0 aliphatic heterocycles. The maximum atomic E-state index is 5.87. The van der Waals surface area contributed by atoms with Gasteiger partial charge in [0.15, 0.2) is 5.01 Å². The minimum Gasteiger partial charge on any atom is -0.242 e. The Morgan fingerprint density at radius 2 is 2.31 bits per heavy atom. The summed E-state index contributed by atoms with van der Waals surface area (Å²) in [6.45, 7) is 1.88. The van der Waals surface area contributed by atoms with Crippen LogP contribution in [0.1, 0.15) is 17.3 Å². The SMILES string of the molecule is CC(Cl)c1nnc(-c2cscn2)s1. The molecule has 2 heterocycles. The number of thiazole rings is 1. The minimum atomic E-state index is -0.0788. The van der Waals surface area contributed by atoms with Crippen LogP contribution in [0.5, 0.6) is 0 Å². The molecule has 0 spiro atoms. The molecule has 2 aromatic rings. The third-order valence-electron chi connectivity index (χ3n) is 1.43. The summed E-state index contributed by atoms with van der Waals surface area (Å²) in [4.78, 5) is 4.14. The zero-order valence-corrected chi connectivity index (χ0v) is 9.16. The van der Waals surface area contributed by atoms with Crippen LogP contribution in [0.4, 0.5) is 0 Å². The number of rotatable bonds is 2. The number of nitrogens with zero attached hydrogens (tertiary/aromatic N) is 3. The van der Waals surface area contributed by atoms with Crippen molar-refractivity contribution in [2.75, 3.05) is 0 Å². The number of hydrogen-bond donors (Lipinski definition) is 0. The lowest BCUT2D eigenvalue weighted by Gasteiger charge is -1.90. The van der Waals surface area contributed by atoms with Crippen molar-refractivity contribution < 1.29 is 0 Å².